The number of rotatable bonds is 4. The number of hydrogen-bond donors (Lipinski definition) is 1. The molecule has 2 atom stereocenters. The van der Waals surface area contributed by atoms with Crippen molar-refractivity contribution in [3.63, 3.8) is 0 Å². The Morgan fingerprint density at radius 2 is 2.42 bits per heavy atom. The van der Waals surface area contributed by atoms with E-state index < -0.39 is 13.7 Å². The van der Waals surface area contributed by atoms with Crippen LogP contribution in [0.4, 0.5) is 0 Å². The van der Waals surface area contributed by atoms with Gasteiger partial charge >= 0.3 is 7.60 Å². The van der Waals surface area contributed by atoms with Gasteiger partial charge in [-0.3, -0.25) is 9.09 Å². The smallest absolute Gasteiger partial charge is 0.324 e. The van der Waals surface area contributed by atoms with Crippen molar-refractivity contribution in [2.45, 2.75) is 20.0 Å². The van der Waals surface area contributed by atoms with E-state index in [0.717, 1.165) is 0 Å². The maximum atomic E-state index is 11.1. The van der Waals surface area contributed by atoms with Gasteiger partial charge in [0.15, 0.2) is 0 Å². The fourth-order valence-corrected chi connectivity index (χ4v) is 1.68. The van der Waals surface area contributed by atoms with Crippen molar-refractivity contribution in [1.29, 1.82) is 0 Å². The molecule has 3 nitrogen and oxygen atoms in total. The summed E-state index contributed by atoms with van der Waals surface area (Å²) < 4.78 is 15.8. The van der Waals surface area contributed by atoms with Crippen LogP contribution >= 0.6 is 7.60 Å². The highest BCUT2D eigenvalue weighted by atomic mass is 31.2. The maximum Gasteiger partial charge on any atom is 0.333 e. The molecule has 0 bridgehead atoms. The van der Waals surface area contributed by atoms with E-state index in [9.17, 15) is 4.57 Å². The van der Waals surface area contributed by atoms with Crippen LogP contribution in [0.5, 0.6) is 0 Å². The van der Waals surface area contributed by atoms with Gasteiger partial charge in [-0.25, -0.2) is 0 Å². The van der Waals surface area contributed by atoms with Crippen LogP contribution in [0.1, 0.15) is 13.8 Å². The Morgan fingerprint density at radius 3 is 2.83 bits per heavy atom. The largest absolute Gasteiger partial charge is 0.333 e. The zero-order valence-corrected chi connectivity index (χ0v) is 8.12. The third-order valence-electron chi connectivity index (χ3n) is 1.13. The molecule has 0 aromatic carbocycles. The molecular formula is C8H13O3P. The Hall–Kier alpha value is -0.550. The summed E-state index contributed by atoms with van der Waals surface area (Å²) in [6, 6.07) is 0. The zero-order valence-electron chi connectivity index (χ0n) is 7.23. The normalized spacial score (nSPS) is 18.5. The Bertz CT molecular complexity index is 239. The minimum atomic E-state index is -3.51. The fourth-order valence-electron chi connectivity index (χ4n) is 0.559. The minimum absolute atomic E-state index is 0.00944. The second-order valence-electron chi connectivity index (χ2n) is 2.30. The van der Waals surface area contributed by atoms with Gasteiger partial charge in [-0.15, -0.1) is 6.42 Å². The molecule has 2 unspecified atom stereocenters. The molecule has 0 radical (unpaired) electrons. The predicted octanol–water partition coefficient (Wildman–Crippen LogP) is 1.79. The van der Waals surface area contributed by atoms with Crippen LogP contribution in [-0.2, 0) is 9.09 Å². The first kappa shape index (κ1) is 11.4. The van der Waals surface area contributed by atoms with Gasteiger partial charge in [0.1, 0.15) is 6.10 Å². The Morgan fingerprint density at radius 1 is 1.83 bits per heavy atom. The Labute approximate surface area is 73.0 Å². The Kier molecular flexibility index (Phi) is 4.92. The molecule has 0 heterocycles. The van der Waals surface area contributed by atoms with E-state index in [1.807, 2.05) is 0 Å². The van der Waals surface area contributed by atoms with Gasteiger partial charge in [0.05, 0.1) is 6.16 Å². The van der Waals surface area contributed by atoms with Gasteiger partial charge in [-0.1, -0.05) is 18.1 Å². The van der Waals surface area contributed by atoms with Crippen molar-refractivity contribution in [2.75, 3.05) is 6.16 Å². The molecule has 1 N–H and O–H groups in total. The van der Waals surface area contributed by atoms with Gasteiger partial charge < -0.3 is 4.89 Å². The minimum Gasteiger partial charge on any atom is -0.324 e. The second kappa shape index (κ2) is 5.16. The van der Waals surface area contributed by atoms with Crippen LogP contribution in [0.3, 0.4) is 0 Å². The summed E-state index contributed by atoms with van der Waals surface area (Å²) in [5, 5.41) is 0. The van der Waals surface area contributed by atoms with E-state index in [1.54, 1.807) is 26.0 Å². The molecule has 4 heteroatoms. The molecule has 0 aliphatic heterocycles. The van der Waals surface area contributed by atoms with Gasteiger partial charge in [-0.2, -0.15) is 0 Å². The number of hydrogen-bond acceptors (Lipinski definition) is 2. The van der Waals surface area contributed by atoms with Crippen molar-refractivity contribution in [2.24, 2.45) is 0 Å². The van der Waals surface area contributed by atoms with E-state index in [2.05, 4.69) is 5.92 Å². The molecule has 0 aliphatic carbocycles. The van der Waals surface area contributed by atoms with E-state index in [0.29, 0.717) is 0 Å². The highest BCUT2D eigenvalue weighted by Gasteiger charge is 2.19. The number of terminal acetylenes is 1. The molecular weight excluding hydrogens is 175 g/mol. The van der Waals surface area contributed by atoms with Crippen molar-refractivity contribution in [3.05, 3.63) is 12.2 Å². The topological polar surface area (TPSA) is 46.5 Å². The molecule has 68 valence electrons. The first-order chi connectivity index (χ1) is 5.52. The lowest BCUT2D eigenvalue weighted by molar-refractivity contribution is 0.234. The van der Waals surface area contributed by atoms with Crippen molar-refractivity contribution < 1.29 is 14.0 Å². The molecule has 0 aromatic rings. The molecule has 0 saturated heterocycles. The molecule has 0 saturated carbocycles. The van der Waals surface area contributed by atoms with E-state index >= 15 is 0 Å². The molecule has 0 aliphatic rings. The maximum absolute atomic E-state index is 11.1. The molecule has 12 heavy (non-hydrogen) atoms. The zero-order chi connectivity index (χ0) is 9.61. The average molecular weight is 188 g/mol. The van der Waals surface area contributed by atoms with Crippen LogP contribution in [-0.4, -0.2) is 17.2 Å². The van der Waals surface area contributed by atoms with Crippen molar-refractivity contribution >= 4 is 7.60 Å². The highest BCUT2D eigenvalue weighted by molar-refractivity contribution is 7.53. The number of allylic oxidation sites excluding steroid dienone is 2. The Balaban J connectivity index is 4.06. The lowest BCUT2D eigenvalue weighted by atomic mass is 10.4. The van der Waals surface area contributed by atoms with Crippen LogP contribution < -0.4 is 0 Å². The molecule has 0 rings (SSSR count). The summed E-state index contributed by atoms with van der Waals surface area (Å²) in [5.74, 6) is 2.22. The summed E-state index contributed by atoms with van der Waals surface area (Å²) in [6.07, 6.45) is 7.63. The SMILES string of the molecule is C#CC(C)OP(=O)(O)CC=CC. The summed E-state index contributed by atoms with van der Waals surface area (Å²) in [4.78, 5) is 9.13. The molecule has 0 amide bonds. The first-order valence-electron chi connectivity index (χ1n) is 3.59. The quantitative estimate of drug-likeness (QED) is 0.415. The molecule has 0 spiro atoms. The second-order valence-corrected chi connectivity index (χ2v) is 4.15. The first-order valence-corrected chi connectivity index (χ1v) is 5.35. The summed E-state index contributed by atoms with van der Waals surface area (Å²) in [7, 11) is -3.51. The summed E-state index contributed by atoms with van der Waals surface area (Å²) in [6.45, 7) is 3.32. The van der Waals surface area contributed by atoms with Crippen LogP contribution in [0.15, 0.2) is 12.2 Å². The van der Waals surface area contributed by atoms with Crippen molar-refractivity contribution in [3.8, 4) is 12.3 Å². The average Bonchev–Trinajstić information content (AvgIpc) is 2.00. The summed E-state index contributed by atoms with van der Waals surface area (Å²) >= 11 is 0. The van der Waals surface area contributed by atoms with E-state index in [1.165, 1.54) is 0 Å². The van der Waals surface area contributed by atoms with Crippen LogP contribution in [0, 0.1) is 12.3 Å². The van der Waals surface area contributed by atoms with Crippen LogP contribution in [0.2, 0.25) is 0 Å². The molecule has 0 aromatic heterocycles. The third-order valence-corrected chi connectivity index (χ3v) is 2.45. The van der Waals surface area contributed by atoms with E-state index in [4.69, 9.17) is 15.8 Å². The summed E-state index contributed by atoms with van der Waals surface area (Å²) in [5.41, 5.74) is 0. The molecule has 0 fully saturated rings. The fraction of sp³-hybridized carbons (Fsp3) is 0.500. The standard InChI is InChI=1S/C8H13O3P/c1-4-6-7-12(9,10)11-8(3)5-2/h2,4,6,8H,7H2,1,3H3,(H,9,10). The lowest BCUT2D eigenvalue weighted by Crippen LogP contribution is -2.03. The lowest BCUT2D eigenvalue weighted by Gasteiger charge is -2.11. The monoisotopic (exact) mass is 188 g/mol. The van der Waals surface area contributed by atoms with Gasteiger partial charge in [0.2, 0.25) is 0 Å². The van der Waals surface area contributed by atoms with Gasteiger partial charge in [-0.05, 0) is 13.8 Å². The van der Waals surface area contributed by atoms with Crippen molar-refractivity contribution in [1.82, 2.24) is 0 Å². The third kappa shape index (κ3) is 5.15. The van der Waals surface area contributed by atoms with E-state index in [-0.39, 0.29) is 6.16 Å². The van der Waals surface area contributed by atoms with Gasteiger partial charge in [0, 0.05) is 0 Å². The van der Waals surface area contributed by atoms with Crippen LogP contribution in [0.25, 0.3) is 0 Å². The van der Waals surface area contributed by atoms with Gasteiger partial charge in [0.25, 0.3) is 0 Å². The predicted molar refractivity (Wildman–Crippen MR) is 48.9 cm³/mol. The highest BCUT2D eigenvalue weighted by Crippen LogP contribution is 2.42.